The topological polar surface area (TPSA) is 72.3 Å². The zero-order chi connectivity index (χ0) is 17.3. The van der Waals surface area contributed by atoms with Crippen LogP contribution >= 0.6 is 0 Å². The minimum absolute atomic E-state index is 0. The summed E-state index contributed by atoms with van der Waals surface area (Å²) in [5.41, 5.74) is 0. The Hall–Kier alpha value is -0.610. The Morgan fingerprint density at radius 3 is 1.26 bits per heavy atom. The molecule has 0 rings (SSSR count). The van der Waals surface area contributed by atoms with Crippen molar-refractivity contribution in [3.8, 4) is 0 Å². The summed E-state index contributed by atoms with van der Waals surface area (Å²) in [5.74, 6) is -0.833. The molecule has 0 aromatic rings. The predicted octanol–water partition coefficient (Wildman–Crippen LogP) is 5.65. The van der Waals surface area contributed by atoms with Gasteiger partial charge < -0.3 is 15.7 Å². The van der Waals surface area contributed by atoms with Gasteiger partial charge in [-0.1, -0.05) is 71.1 Å². The van der Waals surface area contributed by atoms with Crippen LogP contribution in [-0.2, 0) is 4.79 Å². The summed E-state index contributed by atoms with van der Waals surface area (Å²) >= 11 is 0. The van der Waals surface area contributed by atoms with Gasteiger partial charge in [0.15, 0.2) is 0 Å². The maximum Gasteiger partial charge on any atom is 0.300 e. The third-order valence-corrected chi connectivity index (χ3v) is 3.68. The molecule has 4 heteroatoms. The van der Waals surface area contributed by atoms with Crippen molar-refractivity contribution >= 4 is 5.97 Å². The van der Waals surface area contributed by atoms with Gasteiger partial charge in [-0.15, -0.1) is 0 Å². The van der Waals surface area contributed by atoms with E-state index in [1.54, 1.807) is 0 Å². The number of rotatable bonds is 13. The lowest BCUT2D eigenvalue weighted by atomic mass is 10.1. The summed E-state index contributed by atoms with van der Waals surface area (Å²) in [5, 5.41) is 7.42. The molecule has 0 aromatic carbocycles. The molecule has 0 heterocycles. The molecular formula is C19H45N2O2+. The van der Waals surface area contributed by atoms with Gasteiger partial charge in [0, 0.05) is 6.92 Å². The maximum absolute atomic E-state index is 9.00. The number of carboxylic acids is 1. The Balaban J connectivity index is -0.000000712. The molecule has 0 saturated heterocycles. The van der Waals surface area contributed by atoms with Crippen LogP contribution in [0.25, 0.3) is 0 Å². The van der Waals surface area contributed by atoms with Gasteiger partial charge in [0.05, 0.1) is 27.7 Å². The standard InChI is InChI=1S/C17H38N.C2H4O2.H3N/c1-5-6-7-8-9-10-11-12-13-14-15-16-17-18(2,3)4;1-2(3)4;/h5-17H2,1-4H3;1H3,(H,3,4);1H3/q+1;;. The highest BCUT2D eigenvalue weighted by atomic mass is 16.4. The van der Waals surface area contributed by atoms with Gasteiger partial charge in [-0.25, -0.2) is 0 Å². The molecule has 23 heavy (non-hydrogen) atoms. The van der Waals surface area contributed by atoms with Crippen LogP contribution in [-0.4, -0.2) is 43.2 Å². The first-order chi connectivity index (χ1) is 10.3. The number of hydrogen-bond donors (Lipinski definition) is 2. The van der Waals surface area contributed by atoms with Crippen LogP contribution in [0.15, 0.2) is 0 Å². The van der Waals surface area contributed by atoms with Crippen molar-refractivity contribution in [2.45, 2.75) is 90.9 Å². The van der Waals surface area contributed by atoms with Gasteiger partial charge >= 0.3 is 0 Å². The summed E-state index contributed by atoms with van der Waals surface area (Å²) < 4.78 is 1.12. The molecule has 0 aromatic heterocycles. The third-order valence-electron chi connectivity index (χ3n) is 3.68. The van der Waals surface area contributed by atoms with E-state index in [1.165, 1.54) is 83.6 Å². The zero-order valence-electron chi connectivity index (χ0n) is 16.7. The van der Waals surface area contributed by atoms with Crippen molar-refractivity contribution in [3.63, 3.8) is 0 Å². The summed E-state index contributed by atoms with van der Waals surface area (Å²) in [6.45, 7) is 4.70. The fourth-order valence-electron chi connectivity index (χ4n) is 2.43. The summed E-state index contributed by atoms with van der Waals surface area (Å²) in [4.78, 5) is 9.00. The first-order valence-electron chi connectivity index (χ1n) is 9.29. The molecule has 0 atom stereocenters. The molecule has 0 aliphatic heterocycles. The van der Waals surface area contributed by atoms with Crippen molar-refractivity contribution in [2.24, 2.45) is 0 Å². The van der Waals surface area contributed by atoms with Crippen LogP contribution in [0.5, 0.6) is 0 Å². The quantitative estimate of drug-likeness (QED) is 0.338. The highest BCUT2D eigenvalue weighted by molar-refractivity contribution is 5.62. The minimum Gasteiger partial charge on any atom is -0.481 e. The molecule has 0 aliphatic rings. The first kappa shape index (κ1) is 27.2. The number of hydrogen-bond acceptors (Lipinski definition) is 2. The lowest BCUT2D eigenvalue weighted by Gasteiger charge is -2.23. The van der Waals surface area contributed by atoms with Crippen LogP contribution in [0.2, 0.25) is 0 Å². The lowest BCUT2D eigenvalue weighted by Crippen LogP contribution is -2.35. The number of nitrogens with zero attached hydrogens (tertiary/aromatic N) is 1. The molecule has 0 radical (unpaired) electrons. The smallest absolute Gasteiger partial charge is 0.300 e. The Morgan fingerprint density at radius 2 is 1.00 bits per heavy atom. The molecule has 0 fully saturated rings. The van der Waals surface area contributed by atoms with Crippen molar-refractivity contribution < 1.29 is 14.4 Å². The summed E-state index contributed by atoms with van der Waals surface area (Å²) in [6.07, 6.45) is 17.4. The number of carbonyl (C=O) groups is 1. The van der Waals surface area contributed by atoms with Crippen LogP contribution in [0, 0.1) is 0 Å². The molecule has 4 nitrogen and oxygen atoms in total. The second-order valence-electron chi connectivity index (χ2n) is 7.42. The van der Waals surface area contributed by atoms with Crippen molar-refractivity contribution in [1.29, 1.82) is 0 Å². The molecule has 0 unspecified atom stereocenters. The van der Waals surface area contributed by atoms with Gasteiger partial charge in [0.25, 0.3) is 5.97 Å². The maximum atomic E-state index is 9.00. The predicted molar refractivity (Wildman–Crippen MR) is 102 cm³/mol. The fraction of sp³-hybridized carbons (Fsp3) is 0.947. The van der Waals surface area contributed by atoms with E-state index in [0.717, 1.165) is 11.4 Å². The summed E-state index contributed by atoms with van der Waals surface area (Å²) in [6, 6.07) is 0. The van der Waals surface area contributed by atoms with Crippen LogP contribution in [0.4, 0.5) is 0 Å². The average molecular weight is 334 g/mol. The molecule has 0 spiro atoms. The van der Waals surface area contributed by atoms with Gasteiger partial charge in [0.1, 0.15) is 0 Å². The van der Waals surface area contributed by atoms with Crippen LogP contribution < -0.4 is 6.15 Å². The number of quaternary nitrogens is 1. The Labute approximate surface area is 145 Å². The average Bonchev–Trinajstić information content (AvgIpc) is 2.38. The Morgan fingerprint density at radius 1 is 0.739 bits per heavy atom. The molecule has 0 saturated carbocycles. The van der Waals surface area contributed by atoms with E-state index < -0.39 is 5.97 Å². The molecule has 4 N–H and O–H groups in total. The second-order valence-corrected chi connectivity index (χ2v) is 7.42. The van der Waals surface area contributed by atoms with E-state index >= 15 is 0 Å². The van der Waals surface area contributed by atoms with Crippen LogP contribution in [0.1, 0.15) is 90.9 Å². The lowest BCUT2D eigenvalue weighted by molar-refractivity contribution is -0.870. The second kappa shape index (κ2) is 19.4. The molecule has 0 bridgehead atoms. The Kier molecular flexibility index (Phi) is 23.0. The van der Waals surface area contributed by atoms with E-state index in [9.17, 15) is 0 Å². The highest BCUT2D eigenvalue weighted by Crippen LogP contribution is 2.12. The van der Waals surface area contributed by atoms with E-state index in [0.29, 0.717) is 0 Å². The SMILES string of the molecule is CC(=O)O.CCCCCCCCCCCCCC[N+](C)(C)C.N. The number of carboxylic acid groups (broad SMARTS) is 1. The van der Waals surface area contributed by atoms with Gasteiger partial charge in [0.2, 0.25) is 0 Å². The van der Waals surface area contributed by atoms with Gasteiger partial charge in [-0.3, -0.25) is 4.79 Å². The summed E-state index contributed by atoms with van der Waals surface area (Å²) in [7, 11) is 6.87. The molecule has 0 amide bonds. The van der Waals surface area contributed by atoms with E-state index in [2.05, 4.69) is 28.1 Å². The van der Waals surface area contributed by atoms with Crippen molar-refractivity contribution in [1.82, 2.24) is 6.15 Å². The highest BCUT2D eigenvalue weighted by Gasteiger charge is 2.04. The molecule has 0 aliphatic carbocycles. The van der Waals surface area contributed by atoms with Gasteiger partial charge in [-0.05, 0) is 12.8 Å². The number of unbranched alkanes of at least 4 members (excludes halogenated alkanes) is 11. The molecule has 142 valence electrons. The van der Waals surface area contributed by atoms with Crippen molar-refractivity contribution in [3.05, 3.63) is 0 Å². The first-order valence-corrected chi connectivity index (χ1v) is 9.29. The van der Waals surface area contributed by atoms with Gasteiger partial charge in [-0.2, -0.15) is 0 Å². The van der Waals surface area contributed by atoms with E-state index in [4.69, 9.17) is 9.90 Å². The minimum atomic E-state index is -0.833. The fourth-order valence-corrected chi connectivity index (χ4v) is 2.43. The Bertz CT molecular complexity index is 234. The van der Waals surface area contributed by atoms with Crippen molar-refractivity contribution in [2.75, 3.05) is 27.7 Å². The van der Waals surface area contributed by atoms with E-state index in [-0.39, 0.29) is 6.15 Å². The monoisotopic (exact) mass is 333 g/mol. The molecular weight excluding hydrogens is 288 g/mol. The van der Waals surface area contributed by atoms with Crippen LogP contribution in [0.3, 0.4) is 0 Å². The van der Waals surface area contributed by atoms with E-state index in [1.807, 2.05) is 0 Å². The largest absolute Gasteiger partial charge is 0.481 e. The normalized spacial score (nSPS) is 10.5. The zero-order valence-corrected chi connectivity index (χ0v) is 16.7. The third kappa shape index (κ3) is 38.8. The number of aliphatic carboxylic acids is 1.